The molecule has 0 unspecified atom stereocenters. The summed E-state index contributed by atoms with van der Waals surface area (Å²) < 4.78 is 1.91. The molecule has 2 rings (SSSR count). The maximum Gasteiger partial charge on any atom is 0.372 e. The molecule has 0 aliphatic heterocycles. The van der Waals surface area contributed by atoms with Crippen molar-refractivity contribution in [2.75, 3.05) is 0 Å². The van der Waals surface area contributed by atoms with Crippen molar-refractivity contribution < 1.29 is 14.7 Å². The smallest absolute Gasteiger partial charge is 0.372 e. The van der Waals surface area contributed by atoms with Crippen LogP contribution in [0.1, 0.15) is 17.7 Å². The Morgan fingerprint density at radius 2 is 1.95 bits per heavy atom. The summed E-state index contributed by atoms with van der Waals surface area (Å²) in [5.74, 6) is -2.17. The lowest BCUT2D eigenvalue weighted by Crippen LogP contribution is -2.12. The van der Waals surface area contributed by atoms with Crippen molar-refractivity contribution in [1.29, 1.82) is 0 Å². The molecule has 1 heterocycles. The molecule has 0 fully saturated rings. The lowest BCUT2D eigenvalue weighted by molar-refractivity contribution is -0.149. The van der Waals surface area contributed by atoms with Gasteiger partial charge in [-0.15, -0.1) is 0 Å². The number of ketones is 1. The van der Waals surface area contributed by atoms with E-state index in [1.165, 1.54) is 0 Å². The fraction of sp³-hybridized carbons (Fsp3) is 0.214. The molecular formula is C14H14N2O3. The molecule has 0 saturated heterocycles. The van der Waals surface area contributed by atoms with Crippen LogP contribution in [0.3, 0.4) is 0 Å². The second-order valence-electron chi connectivity index (χ2n) is 4.25. The van der Waals surface area contributed by atoms with Crippen LogP contribution in [0.4, 0.5) is 0 Å². The van der Waals surface area contributed by atoms with E-state index < -0.39 is 11.8 Å². The first-order chi connectivity index (χ1) is 9.15. The molecule has 0 spiro atoms. The van der Waals surface area contributed by atoms with Crippen molar-refractivity contribution in [3.05, 3.63) is 54.1 Å². The number of hydrogen-bond donors (Lipinski definition) is 1. The minimum absolute atomic E-state index is 0.0162. The summed E-state index contributed by atoms with van der Waals surface area (Å²) in [6, 6.07) is 9.94. The lowest BCUT2D eigenvalue weighted by Gasteiger charge is -2.01. The highest BCUT2D eigenvalue weighted by molar-refractivity contribution is 6.32. The predicted octanol–water partition coefficient (Wildman–Crippen LogP) is 1.52. The topological polar surface area (TPSA) is 72.2 Å². The molecule has 0 aliphatic rings. The summed E-state index contributed by atoms with van der Waals surface area (Å²) in [5.41, 5.74) is 1.89. The molecule has 0 radical (unpaired) electrons. The van der Waals surface area contributed by atoms with Crippen molar-refractivity contribution >= 4 is 11.8 Å². The third-order valence-corrected chi connectivity index (χ3v) is 2.74. The highest BCUT2D eigenvalue weighted by Gasteiger charge is 2.11. The third-order valence-electron chi connectivity index (χ3n) is 2.74. The summed E-state index contributed by atoms with van der Waals surface area (Å²) in [4.78, 5) is 25.5. The Bertz CT molecular complexity index is 575. The Balaban J connectivity index is 1.92. The van der Waals surface area contributed by atoms with Gasteiger partial charge in [0, 0.05) is 19.2 Å². The van der Waals surface area contributed by atoms with Crippen molar-refractivity contribution in [2.24, 2.45) is 0 Å². The first-order valence-electron chi connectivity index (χ1n) is 5.96. The van der Waals surface area contributed by atoms with Gasteiger partial charge in [0.2, 0.25) is 5.78 Å². The van der Waals surface area contributed by atoms with E-state index in [1.807, 2.05) is 41.1 Å². The third kappa shape index (κ3) is 3.77. The van der Waals surface area contributed by atoms with Crippen LogP contribution in [0.5, 0.6) is 0 Å². The number of benzene rings is 1. The van der Waals surface area contributed by atoms with Gasteiger partial charge in [-0.25, -0.2) is 9.78 Å². The number of rotatable bonds is 6. The van der Waals surface area contributed by atoms with Crippen LogP contribution in [0, 0.1) is 0 Å². The van der Waals surface area contributed by atoms with Gasteiger partial charge in [0.25, 0.3) is 0 Å². The van der Waals surface area contributed by atoms with E-state index in [9.17, 15) is 9.59 Å². The van der Waals surface area contributed by atoms with Gasteiger partial charge >= 0.3 is 5.97 Å². The molecule has 98 valence electrons. The molecule has 0 bridgehead atoms. The Morgan fingerprint density at radius 1 is 1.21 bits per heavy atom. The Kier molecular flexibility index (Phi) is 4.07. The van der Waals surface area contributed by atoms with Crippen molar-refractivity contribution in [1.82, 2.24) is 9.55 Å². The number of nitrogens with zero attached hydrogens (tertiary/aromatic N) is 2. The maximum atomic E-state index is 11.0. The van der Waals surface area contributed by atoms with Crippen LogP contribution in [0.2, 0.25) is 0 Å². The van der Waals surface area contributed by atoms with Gasteiger partial charge in [0.05, 0.1) is 12.0 Å². The zero-order chi connectivity index (χ0) is 13.7. The van der Waals surface area contributed by atoms with E-state index in [4.69, 9.17) is 5.11 Å². The molecule has 1 N–H and O–H groups in total. The van der Waals surface area contributed by atoms with E-state index in [0.717, 1.165) is 11.3 Å². The zero-order valence-electron chi connectivity index (χ0n) is 10.3. The standard InChI is InChI=1S/C14H14N2O3/c17-13(14(18)19)7-6-12-9-16(10-15-12)8-11-4-2-1-3-5-11/h1-5,9-10H,6-8H2,(H,18,19). The van der Waals surface area contributed by atoms with Crippen LogP contribution >= 0.6 is 0 Å². The number of hydrogen-bond acceptors (Lipinski definition) is 3. The highest BCUT2D eigenvalue weighted by Crippen LogP contribution is 2.05. The Labute approximate surface area is 110 Å². The molecular weight excluding hydrogens is 244 g/mol. The van der Waals surface area contributed by atoms with E-state index in [1.54, 1.807) is 6.33 Å². The number of Topliss-reactive ketones (excluding diaryl/α,β-unsaturated/α-hetero) is 1. The number of carbonyl (C=O) groups excluding carboxylic acids is 1. The van der Waals surface area contributed by atoms with E-state index in [-0.39, 0.29) is 6.42 Å². The fourth-order valence-electron chi connectivity index (χ4n) is 1.76. The van der Waals surface area contributed by atoms with Crippen molar-refractivity contribution in [3.8, 4) is 0 Å². The SMILES string of the molecule is O=C(O)C(=O)CCc1cn(Cc2ccccc2)cn1. The number of aryl methyl sites for hydroxylation is 1. The van der Waals surface area contributed by atoms with E-state index >= 15 is 0 Å². The van der Waals surface area contributed by atoms with E-state index in [0.29, 0.717) is 13.0 Å². The maximum absolute atomic E-state index is 11.0. The number of aromatic nitrogens is 2. The summed E-state index contributed by atoms with van der Waals surface area (Å²) in [7, 11) is 0. The lowest BCUT2D eigenvalue weighted by atomic mass is 10.2. The second-order valence-corrected chi connectivity index (χ2v) is 4.25. The molecule has 5 heteroatoms. The number of imidazole rings is 1. The van der Waals surface area contributed by atoms with Gasteiger partial charge < -0.3 is 9.67 Å². The number of carbonyl (C=O) groups is 2. The first-order valence-corrected chi connectivity index (χ1v) is 5.96. The Hall–Kier alpha value is -2.43. The molecule has 0 aliphatic carbocycles. The monoisotopic (exact) mass is 258 g/mol. The molecule has 5 nitrogen and oxygen atoms in total. The fourth-order valence-corrected chi connectivity index (χ4v) is 1.76. The summed E-state index contributed by atoms with van der Waals surface area (Å²) in [6.45, 7) is 0.709. The average molecular weight is 258 g/mol. The Morgan fingerprint density at radius 3 is 2.63 bits per heavy atom. The summed E-state index contributed by atoms with van der Waals surface area (Å²) in [6.07, 6.45) is 3.86. The van der Waals surface area contributed by atoms with Gasteiger partial charge in [-0.05, 0) is 12.0 Å². The number of carboxylic acids is 1. The average Bonchev–Trinajstić information content (AvgIpc) is 2.84. The first kappa shape index (κ1) is 13.0. The van der Waals surface area contributed by atoms with Gasteiger partial charge in [-0.2, -0.15) is 0 Å². The van der Waals surface area contributed by atoms with Crippen LogP contribution in [0.25, 0.3) is 0 Å². The van der Waals surface area contributed by atoms with Crippen LogP contribution < -0.4 is 0 Å². The van der Waals surface area contributed by atoms with Crippen molar-refractivity contribution in [3.63, 3.8) is 0 Å². The molecule has 0 saturated carbocycles. The molecule has 2 aromatic rings. The highest BCUT2D eigenvalue weighted by atomic mass is 16.4. The molecule has 1 aromatic carbocycles. The minimum atomic E-state index is -1.39. The molecule has 0 amide bonds. The number of carboxylic acid groups (broad SMARTS) is 1. The van der Waals surface area contributed by atoms with Crippen LogP contribution in [0.15, 0.2) is 42.9 Å². The zero-order valence-corrected chi connectivity index (χ0v) is 10.3. The minimum Gasteiger partial charge on any atom is -0.476 e. The normalized spacial score (nSPS) is 10.3. The largest absolute Gasteiger partial charge is 0.476 e. The quantitative estimate of drug-likeness (QED) is 0.797. The van der Waals surface area contributed by atoms with Crippen molar-refractivity contribution in [2.45, 2.75) is 19.4 Å². The number of aliphatic carboxylic acids is 1. The van der Waals surface area contributed by atoms with Gasteiger partial charge in [0.1, 0.15) is 0 Å². The van der Waals surface area contributed by atoms with Gasteiger partial charge in [-0.3, -0.25) is 4.79 Å². The predicted molar refractivity (Wildman–Crippen MR) is 68.7 cm³/mol. The van der Waals surface area contributed by atoms with Gasteiger partial charge in [0.15, 0.2) is 0 Å². The van der Waals surface area contributed by atoms with Gasteiger partial charge in [-0.1, -0.05) is 30.3 Å². The molecule has 0 atom stereocenters. The summed E-state index contributed by atoms with van der Waals surface area (Å²) in [5, 5.41) is 8.48. The van der Waals surface area contributed by atoms with Crippen LogP contribution in [-0.2, 0) is 22.6 Å². The summed E-state index contributed by atoms with van der Waals surface area (Å²) >= 11 is 0. The van der Waals surface area contributed by atoms with Crippen LogP contribution in [-0.4, -0.2) is 26.4 Å². The van der Waals surface area contributed by atoms with E-state index in [2.05, 4.69) is 4.98 Å². The second kappa shape index (κ2) is 5.95. The molecule has 19 heavy (non-hydrogen) atoms. The molecule has 1 aromatic heterocycles.